The van der Waals surface area contributed by atoms with Gasteiger partial charge in [0.25, 0.3) is 0 Å². The van der Waals surface area contributed by atoms with Gasteiger partial charge in [-0.15, -0.1) is 0 Å². The molecule has 0 aliphatic carbocycles. The fraction of sp³-hybridized carbons (Fsp3) is 0.278. The molecule has 3 heteroatoms. The average Bonchev–Trinajstić information content (AvgIpc) is 2.49. The van der Waals surface area contributed by atoms with Crippen LogP contribution in [0.1, 0.15) is 18.1 Å². The van der Waals surface area contributed by atoms with Crippen LogP contribution >= 0.6 is 0 Å². The molecule has 0 spiro atoms. The molecule has 0 saturated carbocycles. The number of benzene rings is 2. The lowest BCUT2D eigenvalue weighted by molar-refractivity contribution is -0.144. The molecule has 0 aromatic heterocycles. The van der Waals surface area contributed by atoms with Gasteiger partial charge in [-0.2, -0.15) is 0 Å². The summed E-state index contributed by atoms with van der Waals surface area (Å²) in [6.07, 6.45) is 0.493. The number of aryl methyl sites for hydroxylation is 1. The number of carbonyl (C=O) groups excluding carboxylic acids is 1. The predicted octanol–water partition coefficient (Wildman–Crippen LogP) is 3.09. The molecule has 0 bridgehead atoms. The maximum absolute atomic E-state index is 11.5. The topological polar surface area (TPSA) is 52.3 Å². The van der Waals surface area contributed by atoms with E-state index in [1.807, 2.05) is 12.1 Å². The van der Waals surface area contributed by atoms with Crippen molar-refractivity contribution in [3.63, 3.8) is 0 Å². The molecule has 2 aromatic carbocycles. The van der Waals surface area contributed by atoms with Crippen LogP contribution in [0.15, 0.2) is 48.5 Å². The van der Waals surface area contributed by atoms with Gasteiger partial charge in [0.1, 0.15) is 6.04 Å². The number of hydrogen-bond donors (Lipinski definition) is 1. The van der Waals surface area contributed by atoms with Gasteiger partial charge < -0.3 is 10.5 Å². The van der Waals surface area contributed by atoms with Crippen molar-refractivity contribution in [3.05, 3.63) is 59.7 Å². The Hall–Kier alpha value is -2.13. The van der Waals surface area contributed by atoms with Crippen LogP contribution in [-0.2, 0) is 16.0 Å². The van der Waals surface area contributed by atoms with Crippen molar-refractivity contribution in [2.24, 2.45) is 5.73 Å². The van der Waals surface area contributed by atoms with Crippen molar-refractivity contribution in [2.45, 2.75) is 26.3 Å². The van der Waals surface area contributed by atoms with Gasteiger partial charge in [-0.05, 0) is 37.0 Å². The number of nitrogens with two attached hydrogens (primary N) is 1. The third kappa shape index (κ3) is 4.17. The fourth-order valence-electron chi connectivity index (χ4n) is 2.17. The Balaban J connectivity index is 2.05. The first-order valence-electron chi connectivity index (χ1n) is 7.18. The molecular weight excluding hydrogens is 262 g/mol. The highest BCUT2D eigenvalue weighted by atomic mass is 16.5. The zero-order valence-electron chi connectivity index (χ0n) is 12.5. The minimum atomic E-state index is -0.602. The summed E-state index contributed by atoms with van der Waals surface area (Å²) in [6.45, 7) is 4.21. The van der Waals surface area contributed by atoms with Crippen LogP contribution in [0.2, 0.25) is 0 Å². The fourth-order valence-corrected chi connectivity index (χ4v) is 2.17. The molecule has 2 rings (SSSR count). The first-order chi connectivity index (χ1) is 10.1. The zero-order chi connectivity index (χ0) is 15.2. The normalized spacial score (nSPS) is 12.0. The summed E-state index contributed by atoms with van der Waals surface area (Å²) in [7, 11) is 0. The van der Waals surface area contributed by atoms with E-state index < -0.39 is 6.04 Å². The van der Waals surface area contributed by atoms with Crippen molar-refractivity contribution in [1.82, 2.24) is 0 Å². The summed E-state index contributed by atoms with van der Waals surface area (Å²) < 4.78 is 4.92. The molecule has 0 amide bonds. The van der Waals surface area contributed by atoms with E-state index in [0.717, 1.165) is 11.1 Å². The first kappa shape index (κ1) is 15.3. The summed E-state index contributed by atoms with van der Waals surface area (Å²) in [5.41, 5.74) is 10.4. The molecule has 0 fully saturated rings. The van der Waals surface area contributed by atoms with Gasteiger partial charge in [0.15, 0.2) is 0 Å². The standard InChI is InChI=1S/C18H21NO2/c1-3-21-18(20)17(19)12-14-6-10-16(11-7-14)15-8-4-13(2)5-9-15/h4-11,17H,3,12,19H2,1-2H3. The minimum Gasteiger partial charge on any atom is -0.465 e. The van der Waals surface area contributed by atoms with Crippen molar-refractivity contribution in [1.29, 1.82) is 0 Å². The third-order valence-corrected chi connectivity index (χ3v) is 3.38. The lowest BCUT2D eigenvalue weighted by Crippen LogP contribution is -2.34. The zero-order valence-corrected chi connectivity index (χ0v) is 12.5. The number of hydrogen-bond acceptors (Lipinski definition) is 3. The highest BCUT2D eigenvalue weighted by molar-refractivity contribution is 5.76. The molecule has 2 N–H and O–H groups in total. The highest BCUT2D eigenvalue weighted by Crippen LogP contribution is 2.20. The maximum Gasteiger partial charge on any atom is 0.323 e. The van der Waals surface area contributed by atoms with Crippen molar-refractivity contribution >= 4 is 5.97 Å². The molecular formula is C18H21NO2. The lowest BCUT2D eigenvalue weighted by atomic mass is 10.0. The summed E-state index contributed by atoms with van der Waals surface area (Å²) in [5, 5.41) is 0. The minimum absolute atomic E-state index is 0.347. The van der Waals surface area contributed by atoms with Crippen LogP contribution in [-0.4, -0.2) is 18.6 Å². The number of esters is 1. The summed E-state index contributed by atoms with van der Waals surface area (Å²) in [6, 6.07) is 15.9. The molecule has 110 valence electrons. The van der Waals surface area contributed by atoms with E-state index in [1.165, 1.54) is 11.1 Å². The Labute approximate surface area is 125 Å². The Morgan fingerprint density at radius 3 is 2.10 bits per heavy atom. The van der Waals surface area contributed by atoms with Crippen LogP contribution in [0.5, 0.6) is 0 Å². The molecule has 0 radical (unpaired) electrons. The quantitative estimate of drug-likeness (QED) is 0.858. The molecule has 0 aliphatic heterocycles. The van der Waals surface area contributed by atoms with Crippen LogP contribution in [0.3, 0.4) is 0 Å². The average molecular weight is 283 g/mol. The molecule has 3 nitrogen and oxygen atoms in total. The summed E-state index contributed by atoms with van der Waals surface area (Å²) in [5.74, 6) is -0.347. The Bertz CT molecular complexity index is 588. The Morgan fingerprint density at radius 1 is 1.05 bits per heavy atom. The van der Waals surface area contributed by atoms with Crippen LogP contribution < -0.4 is 5.73 Å². The van der Waals surface area contributed by atoms with Crippen molar-refractivity contribution in [3.8, 4) is 11.1 Å². The Morgan fingerprint density at radius 2 is 1.57 bits per heavy atom. The van der Waals surface area contributed by atoms with E-state index in [9.17, 15) is 4.79 Å². The molecule has 1 atom stereocenters. The van der Waals surface area contributed by atoms with Gasteiger partial charge in [0.05, 0.1) is 6.61 Å². The molecule has 1 unspecified atom stereocenters. The maximum atomic E-state index is 11.5. The number of ether oxygens (including phenoxy) is 1. The second-order valence-corrected chi connectivity index (χ2v) is 5.13. The largest absolute Gasteiger partial charge is 0.465 e. The SMILES string of the molecule is CCOC(=O)C(N)Cc1ccc(-c2ccc(C)cc2)cc1. The van der Waals surface area contributed by atoms with E-state index >= 15 is 0 Å². The Kier molecular flexibility index (Phi) is 5.12. The van der Waals surface area contributed by atoms with E-state index in [1.54, 1.807) is 6.92 Å². The van der Waals surface area contributed by atoms with Gasteiger partial charge in [0.2, 0.25) is 0 Å². The molecule has 0 saturated heterocycles. The first-order valence-corrected chi connectivity index (χ1v) is 7.18. The monoisotopic (exact) mass is 283 g/mol. The second kappa shape index (κ2) is 7.04. The van der Waals surface area contributed by atoms with E-state index in [4.69, 9.17) is 10.5 Å². The van der Waals surface area contributed by atoms with Gasteiger partial charge >= 0.3 is 5.97 Å². The predicted molar refractivity (Wildman–Crippen MR) is 84.9 cm³/mol. The van der Waals surface area contributed by atoms with Crippen LogP contribution in [0.25, 0.3) is 11.1 Å². The van der Waals surface area contributed by atoms with Gasteiger partial charge in [-0.3, -0.25) is 4.79 Å². The molecule has 2 aromatic rings. The number of rotatable bonds is 5. The van der Waals surface area contributed by atoms with Crippen LogP contribution in [0, 0.1) is 6.92 Å². The number of carbonyl (C=O) groups is 1. The van der Waals surface area contributed by atoms with E-state index in [2.05, 4.69) is 43.3 Å². The summed E-state index contributed by atoms with van der Waals surface area (Å²) >= 11 is 0. The smallest absolute Gasteiger partial charge is 0.323 e. The highest BCUT2D eigenvalue weighted by Gasteiger charge is 2.14. The second-order valence-electron chi connectivity index (χ2n) is 5.13. The van der Waals surface area contributed by atoms with Gasteiger partial charge in [0, 0.05) is 0 Å². The van der Waals surface area contributed by atoms with Gasteiger partial charge in [-0.1, -0.05) is 54.1 Å². The molecule has 0 aliphatic rings. The van der Waals surface area contributed by atoms with Crippen molar-refractivity contribution in [2.75, 3.05) is 6.61 Å². The van der Waals surface area contributed by atoms with Crippen LogP contribution in [0.4, 0.5) is 0 Å². The van der Waals surface area contributed by atoms with E-state index in [-0.39, 0.29) is 5.97 Å². The van der Waals surface area contributed by atoms with Crippen molar-refractivity contribution < 1.29 is 9.53 Å². The molecule has 21 heavy (non-hydrogen) atoms. The van der Waals surface area contributed by atoms with Gasteiger partial charge in [-0.25, -0.2) is 0 Å². The molecule has 0 heterocycles. The summed E-state index contributed by atoms with van der Waals surface area (Å²) in [4.78, 5) is 11.5. The third-order valence-electron chi connectivity index (χ3n) is 3.38. The lowest BCUT2D eigenvalue weighted by Gasteiger charge is -2.11. The van der Waals surface area contributed by atoms with E-state index in [0.29, 0.717) is 13.0 Å².